The van der Waals surface area contributed by atoms with Crippen LogP contribution < -0.4 is 0 Å². The van der Waals surface area contributed by atoms with Gasteiger partial charge in [-0.25, -0.2) is 9.97 Å². The molecular formula is C40H26N2O. The van der Waals surface area contributed by atoms with Gasteiger partial charge in [0.2, 0.25) is 0 Å². The summed E-state index contributed by atoms with van der Waals surface area (Å²) < 4.78 is 6.37. The van der Waals surface area contributed by atoms with E-state index < -0.39 is 0 Å². The van der Waals surface area contributed by atoms with Crippen LogP contribution in [0.1, 0.15) is 0 Å². The highest BCUT2D eigenvalue weighted by Gasteiger charge is 2.14. The van der Waals surface area contributed by atoms with Gasteiger partial charge >= 0.3 is 0 Å². The number of hydrogen-bond acceptors (Lipinski definition) is 3. The summed E-state index contributed by atoms with van der Waals surface area (Å²) in [5.41, 5.74) is 11.2. The molecule has 3 heteroatoms. The van der Waals surface area contributed by atoms with E-state index in [-0.39, 0.29) is 0 Å². The zero-order valence-electron chi connectivity index (χ0n) is 23.3. The second kappa shape index (κ2) is 10.6. The Balaban J connectivity index is 1.22. The zero-order valence-corrected chi connectivity index (χ0v) is 23.3. The van der Waals surface area contributed by atoms with E-state index in [1.54, 1.807) is 0 Å². The molecule has 0 amide bonds. The van der Waals surface area contributed by atoms with Gasteiger partial charge in [-0.2, -0.15) is 0 Å². The average Bonchev–Trinajstić information content (AvgIpc) is 3.46. The van der Waals surface area contributed by atoms with Crippen LogP contribution in [-0.2, 0) is 0 Å². The van der Waals surface area contributed by atoms with E-state index in [4.69, 9.17) is 14.4 Å². The zero-order chi connectivity index (χ0) is 28.6. The van der Waals surface area contributed by atoms with Crippen molar-refractivity contribution in [2.75, 3.05) is 0 Å². The van der Waals surface area contributed by atoms with Crippen molar-refractivity contribution in [1.29, 1.82) is 0 Å². The Morgan fingerprint density at radius 3 is 1.51 bits per heavy atom. The van der Waals surface area contributed by atoms with Gasteiger partial charge < -0.3 is 4.42 Å². The summed E-state index contributed by atoms with van der Waals surface area (Å²) in [5, 5.41) is 2.16. The Bertz CT molecular complexity index is 2160. The molecule has 3 nitrogen and oxygen atoms in total. The van der Waals surface area contributed by atoms with Crippen molar-refractivity contribution in [3.63, 3.8) is 0 Å². The molecule has 0 radical (unpaired) electrons. The third-order valence-corrected chi connectivity index (χ3v) is 7.90. The minimum absolute atomic E-state index is 0.668. The molecule has 6 aromatic carbocycles. The van der Waals surface area contributed by atoms with Gasteiger partial charge in [-0.05, 0) is 58.7 Å². The summed E-state index contributed by atoms with van der Waals surface area (Å²) in [5.74, 6) is 0.668. The standard InChI is InChI=1S/C40H26N2O/c1-4-11-27(12-5-1)30-17-10-18-31(23-30)32-20-22-38-35(24-32)34-21-19-33(25-39(34)43-38)40-41-36(28-13-6-2-7-14-28)26-37(42-40)29-15-8-3-9-16-29/h1-26H. The van der Waals surface area contributed by atoms with Crippen LogP contribution in [0.2, 0.25) is 0 Å². The van der Waals surface area contributed by atoms with Gasteiger partial charge in [0.25, 0.3) is 0 Å². The highest BCUT2D eigenvalue weighted by atomic mass is 16.3. The third kappa shape index (κ3) is 4.77. The Morgan fingerprint density at radius 2 is 0.860 bits per heavy atom. The molecule has 0 unspecified atom stereocenters. The SMILES string of the molecule is c1ccc(-c2cccc(-c3ccc4oc5cc(-c6nc(-c7ccccc7)cc(-c7ccccc7)n6)ccc5c4c3)c2)cc1. The number of furan rings is 1. The fourth-order valence-electron chi connectivity index (χ4n) is 5.69. The molecule has 8 rings (SSSR count). The van der Waals surface area contributed by atoms with E-state index in [9.17, 15) is 0 Å². The van der Waals surface area contributed by atoms with Crippen LogP contribution in [0.25, 0.3) is 78.1 Å². The van der Waals surface area contributed by atoms with Crippen molar-refractivity contribution >= 4 is 21.9 Å². The van der Waals surface area contributed by atoms with E-state index in [2.05, 4.69) is 115 Å². The lowest BCUT2D eigenvalue weighted by molar-refractivity contribution is 0.669. The summed E-state index contributed by atoms with van der Waals surface area (Å²) in [4.78, 5) is 9.99. The lowest BCUT2D eigenvalue weighted by Crippen LogP contribution is -1.95. The van der Waals surface area contributed by atoms with Crippen molar-refractivity contribution in [3.8, 4) is 56.2 Å². The summed E-state index contributed by atoms with van der Waals surface area (Å²) in [6.45, 7) is 0. The summed E-state index contributed by atoms with van der Waals surface area (Å²) in [6, 6.07) is 54.4. The van der Waals surface area contributed by atoms with Gasteiger partial charge in [0.05, 0.1) is 11.4 Å². The van der Waals surface area contributed by atoms with Crippen LogP contribution in [-0.4, -0.2) is 9.97 Å². The number of fused-ring (bicyclic) bond motifs is 3. The smallest absolute Gasteiger partial charge is 0.160 e. The molecule has 0 fully saturated rings. The Labute approximate surface area is 249 Å². The fourth-order valence-corrected chi connectivity index (χ4v) is 5.69. The minimum atomic E-state index is 0.668. The molecule has 2 aromatic heterocycles. The topological polar surface area (TPSA) is 38.9 Å². The number of rotatable bonds is 5. The number of benzene rings is 6. The lowest BCUT2D eigenvalue weighted by atomic mass is 9.98. The summed E-state index contributed by atoms with van der Waals surface area (Å²) >= 11 is 0. The largest absolute Gasteiger partial charge is 0.456 e. The highest BCUT2D eigenvalue weighted by Crippen LogP contribution is 2.36. The predicted octanol–water partition coefficient (Wildman–Crippen LogP) is 10.7. The first-order valence-electron chi connectivity index (χ1n) is 14.4. The fraction of sp³-hybridized carbons (Fsp3) is 0. The van der Waals surface area contributed by atoms with Gasteiger partial charge in [-0.15, -0.1) is 0 Å². The molecule has 0 aliphatic rings. The van der Waals surface area contributed by atoms with Crippen LogP contribution in [0.15, 0.2) is 162 Å². The Morgan fingerprint density at radius 1 is 0.326 bits per heavy atom. The number of hydrogen-bond donors (Lipinski definition) is 0. The third-order valence-electron chi connectivity index (χ3n) is 7.90. The average molecular weight is 551 g/mol. The van der Waals surface area contributed by atoms with E-state index >= 15 is 0 Å². The van der Waals surface area contributed by atoms with E-state index in [1.807, 2.05) is 42.5 Å². The van der Waals surface area contributed by atoms with E-state index in [0.29, 0.717) is 5.82 Å². The van der Waals surface area contributed by atoms with E-state index in [1.165, 1.54) is 16.7 Å². The summed E-state index contributed by atoms with van der Waals surface area (Å²) in [7, 11) is 0. The van der Waals surface area contributed by atoms with Gasteiger partial charge in [-0.1, -0.05) is 121 Å². The van der Waals surface area contributed by atoms with Gasteiger partial charge in [-0.3, -0.25) is 0 Å². The molecule has 202 valence electrons. The minimum Gasteiger partial charge on any atom is -0.456 e. The molecule has 0 aliphatic carbocycles. The summed E-state index contributed by atoms with van der Waals surface area (Å²) in [6.07, 6.45) is 0. The van der Waals surface area contributed by atoms with Gasteiger partial charge in [0.1, 0.15) is 11.2 Å². The molecule has 43 heavy (non-hydrogen) atoms. The second-order valence-electron chi connectivity index (χ2n) is 10.7. The molecule has 0 spiro atoms. The Kier molecular flexibility index (Phi) is 6.12. The van der Waals surface area contributed by atoms with Gasteiger partial charge in [0, 0.05) is 27.5 Å². The maximum atomic E-state index is 6.37. The monoisotopic (exact) mass is 550 g/mol. The molecule has 8 aromatic rings. The van der Waals surface area contributed by atoms with Crippen molar-refractivity contribution in [1.82, 2.24) is 9.97 Å². The first-order chi connectivity index (χ1) is 21.3. The van der Waals surface area contributed by atoms with Crippen molar-refractivity contribution in [2.45, 2.75) is 0 Å². The van der Waals surface area contributed by atoms with Crippen LogP contribution >= 0.6 is 0 Å². The molecule has 0 atom stereocenters. The van der Waals surface area contributed by atoms with Crippen molar-refractivity contribution < 1.29 is 4.42 Å². The Hall–Kier alpha value is -5.80. The number of aromatic nitrogens is 2. The quantitative estimate of drug-likeness (QED) is 0.214. The molecule has 0 aliphatic heterocycles. The molecule has 0 N–H and O–H groups in total. The predicted molar refractivity (Wildman–Crippen MR) is 176 cm³/mol. The first kappa shape index (κ1) is 25.0. The van der Waals surface area contributed by atoms with Crippen LogP contribution in [0.3, 0.4) is 0 Å². The van der Waals surface area contributed by atoms with Crippen LogP contribution in [0.4, 0.5) is 0 Å². The van der Waals surface area contributed by atoms with Crippen LogP contribution in [0.5, 0.6) is 0 Å². The normalized spacial score (nSPS) is 11.3. The molecule has 2 heterocycles. The molecule has 0 bridgehead atoms. The maximum Gasteiger partial charge on any atom is 0.160 e. The van der Waals surface area contributed by atoms with Crippen molar-refractivity contribution in [2.24, 2.45) is 0 Å². The molecule has 0 saturated heterocycles. The lowest BCUT2D eigenvalue weighted by Gasteiger charge is -2.09. The van der Waals surface area contributed by atoms with Crippen molar-refractivity contribution in [3.05, 3.63) is 158 Å². The second-order valence-corrected chi connectivity index (χ2v) is 10.7. The highest BCUT2D eigenvalue weighted by molar-refractivity contribution is 6.07. The maximum absolute atomic E-state index is 6.37. The number of nitrogens with zero attached hydrogens (tertiary/aromatic N) is 2. The first-order valence-corrected chi connectivity index (χ1v) is 14.4. The van der Waals surface area contributed by atoms with Crippen LogP contribution in [0, 0.1) is 0 Å². The molecular weight excluding hydrogens is 524 g/mol. The van der Waals surface area contributed by atoms with Gasteiger partial charge in [0.15, 0.2) is 5.82 Å². The molecule has 0 saturated carbocycles. The van der Waals surface area contributed by atoms with E-state index in [0.717, 1.165) is 55.6 Å².